The van der Waals surface area contributed by atoms with Gasteiger partial charge in [0.1, 0.15) is 0 Å². The highest BCUT2D eigenvalue weighted by atomic mass is 19.2. The summed E-state index contributed by atoms with van der Waals surface area (Å²) in [7, 11) is 0. The number of aromatic nitrogens is 3. The first-order valence-corrected chi connectivity index (χ1v) is 9.16. The molecule has 0 bridgehead atoms. The number of halogens is 2. The topological polar surface area (TPSA) is 71.2 Å². The summed E-state index contributed by atoms with van der Waals surface area (Å²) in [6, 6.07) is 3.79. The smallest absolute Gasteiger partial charge is 0.276 e. The van der Waals surface area contributed by atoms with Crippen molar-refractivity contribution in [2.45, 2.75) is 56.7 Å². The lowest BCUT2D eigenvalue weighted by Crippen LogP contribution is -2.45. The number of carbonyl (C=O) groups excluding carboxylic acids is 1. The number of carbonyl (C=O) groups is 1. The average Bonchev–Trinajstić information content (AvgIpc) is 3.20. The summed E-state index contributed by atoms with van der Waals surface area (Å²) in [6.07, 6.45) is 3.32. The lowest BCUT2D eigenvalue weighted by molar-refractivity contribution is 0.0244. The van der Waals surface area contributed by atoms with E-state index in [2.05, 4.69) is 10.3 Å². The highest BCUT2D eigenvalue weighted by molar-refractivity contribution is 5.92. The Labute approximate surface area is 155 Å². The predicted molar refractivity (Wildman–Crippen MR) is 93.1 cm³/mol. The van der Waals surface area contributed by atoms with Crippen LogP contribution in [0.3, 0.4) is 0 Å². The summed E-state index contributed by atoms with van der Waals surface area (Å²) in [5, 5.41) is 17.7. The third kappa shape index (κ3) is 2.92. The second kappa shape index (κ2) is 6.37. The summed E-state index contributed by atoms with van der Waals surface area (Å²) in [4.78, 5) is 14.7. The largest absolute Gasteiger partial charge is 0.391 e. The number of aliphatic hydroxyl groups excluding tert-OH is 1. The SMILES string of the molecule is CC1(C)C(c2ccc(F)c(F)c2)CCN1C(=O)c1cn([C@@H]2CC[C@H]2O)nn1. The minimum atomic E-state index is -0.880. The van der Waals surface area contributed by atoms with E-state index in [-0.39, 0.29) is 23.6 Å². The van der Waals surface area contributed by atoms with Gasteiger partial charge in [-0.05, 0) is 50.8 Å². The number of aliphatic hydroxyl groups is 1. The highest BCUT2D eigenvalue weighted by Gasteiger charge is 2.45. The molecular weight excluding hydrogens is 354 g/mol. The number of hydrogen-bond donors (Lipinski definition) is 1. The van der Waals surface area contributed by atoms with Crippen molar-refractivity contribution in [2.24, 2.45) is 0 Å². The van der Waals surface area contributed by atoms with Crippen LogP contribution in [0.4, 0.5) is 8.78 Å². The summed E-state index contributed by atoms with van der Waals surface area (Å²) in [5.41, 5.74) is 0.324. The van der Waals surface area contributed by atoms with Gasteiger partial charge in [0.25, 0.3) is 5.91 Å². The maximum Gasteiger partial charge on any atom is 0.276 e. The van der Waals surface area contributed by atoms with Gasteiger partial charge in [0.15, 0.2) is 17.3 Å². The molecule has 6 nitrogen and oxygen atoms in total. The average molecular weight is 376 g/mol. The monoisotopic (exact) mass is 376 g/mol. The Hall–Kier alpha value is -2.35. The van der Waals surface area contributed by atoms with Crippen molar-refractivity contribution in [1.82, 2.24) is 19.9 Å². The van der Waals surface area contributed by atoms with Gasteiger partial charge in [0, 0.05) is 18.0 Å². The van der Waals surface area contributed by atoms with Gasteiger partial charge < -0.3 is 10.0 Å². The van der Waals surface area contributed by atoms with Gasteiger partial charge in [0.2, 0.25) is 0 Å². The van der Waals surface area contributed by atoms with E-state index in [1.807, 2.05) is 13.8 Å². The molecule has 1 aliphatic heterocycles. The molecule has 27 heavy (non-hydrogen) atoms. The standard InChI is InChI=1S/C19H22F2N4O2/c1-19(2)12(11-3-4-13(20)14(21)9-11)7-8-24(19)18(27)15-10-25(23-22-15)16-5-6-17(16)26/h3-4,9-10,12,16-17,26H,5-8H2,1-2H3/t12?,16-,17-/m1/s1. The Morgan fingerprint density at radius 2 is 2.00 bits per heavy atom. The van der Waals surface area contributed by atoms with Crippen LogP contribution in [0.15, 0.2) is 24.4 Å². The van der Waals surface area contributed by atoms with Gasteiger partial charge in [-0.3, -0.25) is 4.79 Å². The second-order valence-corrected chi connectivity index (χ2v) is 7.92. The maximum absolute atomic E-state index is 13.7. The van der Waals surface area contributed by atoms with Crippen LogP contribution in [-0.4, -0.2) is 49.1 Å². The van der Waals surface area contributed by atoms with Crippen LogP contribution < -0.4 is 0 Å². The molecule has 1 saturated heterocycles. The van der Waals surface area contributed by atoms with E-state index in [0.717, 1.165) is 18.9 Å². The van der Waals surface area contributed by atoms with Crippen LogP contribution in [0.25, 0.3) is 0 Å². The normalized spacial score (nSPS) is 26.9. The first-order valence-electron chi connectivity index (χ1n) is 9.16. The van der Waals surface area contributed by atoms with E-state index in [9.17, 15) is 18.7 Å². The highest BCUT2D eigenvalue weighted by Crippen LogP contribution is 2.42. The van der Waals surface area contributed by atoms with Crippen LogP contribution >= 0.6 is 0 Å². The Balaban J connectivity index is 1.55. The molecule has 8 heteroatoms. The third-order valence-corrected chi connectivity index (χ3v) is 6.05. The number of rotatable bonds is 3. The zero-order valence-corrected chi connectivity index (χ0v) is 15.3. The zero-order valence-electron chi connectivity index (χ0n) is 15.3. The van der Waals surface area contributed by atoms with E-state index in [1.165, 1.54) is 6.07 Å². The number of amides is 1. The molecule has 144 valence electrons. The van der Waals surface area contributed by atoms with Gasteiger partial charge in [-0.25, -0.2) is 13.5 Å². The van der Waals surface area contributed by atoms with Gasteiger partial charge in [-0.1, -0.05) is 11.3 Å². The molecule has 4 rings (SSSR count). The van der Waals surface area contributed by atoms with Gasteiger partial charge in [-0.2, -0.15) is 0 Å². The minimum Gasteiger partial charge on any atom is -0.391 e. The summed E-state index contributed by atoms with van der Waals surface area (Å²) < 4.78 is 28.5. The first-order chi connectivity index (χ1) is 12.8. The van der Waals surface area contributed by atoms with Crippen molar-refractivity contribution in [2.75, 3.05) is 6.54 Å². The van der Waals surface area contributed by atoms with Gasteiger partial charge in [0.05, 0.1) is 18.3 Å². The third-order valence-electron chi connectivity index (χ3n) is 6.05. The van der Waals surface area contributed by atoms with Gasteiger partial charge in [-0.15, -0.1) is 5.10 Å². The van der Waals surface area contributed by atoms with Crippen LogP contribution in [-0.2, 0) is 0 Å². The van der Waals surface area contributed by atoms with Crippen molar-refractivity contribution in [3.8, 4) is 0 Å². The quantitative estimate of drug-likeness (QED) is 0.894. The molecule has 1 unspecified atom stereocenters. The fraction of sp³-hybridized carbons (Fsp3) is 0.526. The van der Waals surface area contributed by atoms with Crippen LogP contribution in [0.1, 0.15) is 61.1 Å². The summed E-state index contributed by atoms with van der Waals surface area (Å²) in [6.45, 7) is 4.34. The Morgan fingerprint density at radius 1 is 1.22 bits per heavy atom. The molecule has 1 aromatic heterocycles. The fourth-order valence-electron chi connectivity index (χ4n) is 4.20. The molecule has 1 N–H and O–H groups in total. The molecule has 1 amide bonds. The maximum atomic E-state index is 13.7. The molecule has 2 aromatic rings. The number of nitrogens with zero attached hydrogens (tertiary/aromatic N) is 4. The lowest BCUT2D eigenvalue weighted by Gasteiger charge is -2.36. The number of likely N-dealkylation sites (tertiary alicyclic amines) is 1. The Kier molecular flexibility index (Phi) is 4.25. The zero-order chi connectivity index (χ0) is 19.3. The number of benzene rings is 1. The van der Waals surface area contributed by atoms with E-state index in [4.69, 9.17) is 0 Å². The van der Waals surface area contributed by atoms with Crippen molar-refractivity contribution in [1.29, 1.82) is 0 Å². The van der Waals surface area contributed by atoms with E-state index >= 15 is 0 Å². The fourth-order valence-corrected chi connectivity index (χ4v) is 4.20. The molecule has 2 fully saturated rings. The van der Waals surface area contributed by atoms with E-state index in [0.29, 0.717) is 18.5 Å². The van der Waals surface area contributed by atoms with Crippen molar-refractivity contribution in [3.05, 3.63) is 47.3 Å². The van der Waals surface area contributed by atoms with Crippen LogP contribution in [0.5, 0.6) is 0 Å². The molecule has 1 saturated carbocycles. The minimum absolute atomic E-state index is 0.111. The van der Waals surface area contributed by atoms with Crippen molar-refractivity contribution in [3.63, 3.8) is 0 Å². The lowest BCUT2D eigenvalue weighted by atomic mass is 9.82. The predicted octanol–water partition coefficient (Wildman–Crippen LogP) is 2.66. The number of hydrogen-bond acceptors (Lipinski definition) is 4. The van der Waals surface area contributed by atoms with Crippen LogP contribution in [0.2, 0.25) is 0 Å². The van der Waals surface area contributed by atoms with Crippen LogP contribution in [0, 0.1) is 11.6 Å². The van der Waals surface area contributed by atoms with Crippen molar-refractivity contribution < 1.29 is 18.7 Å². The Bertz CT molecular complexity index is 882. The molecule has 0 radical (unpaired) electrons. The molecule has 1 aliphatic carbocycles. The summed E-state index contributed by atoms with van der Waals surface area (Å²) in [5.74, 6) is -2.11. The second-order valence-electron chi connectivity index (χ2n) is 7.92. The summed E-state index contributed by atoms with van der Waals surface area (Å²) >= 11 is 0. The van der Waals surface area contributed by atoms with Crippen molar-refractivity contribution >= 4 is 5.91 Å². The molecule has 3 atom stereocenters. The molecular formula is C19H22F2N4O2. The van der Waals surface area contributed by atoms with E-state index in [1.54, 1.807) is 21.8 Å². The van der Waals surface area contributed by atoms with E-state index < -0.39 is 23.3 Å². The molecule has 2 aliphatic rings. The molecule has 0 spiro atoms. The molecule has 2 heterocycles. The Morgan fingerprint density at radius 3 is 2.63 bits per heavy atom. The first kappa shape index (κ1) is 18.0. The van der Waals surface area contributed by atoms with Gasteiger partial charge >= 0.3 is 0 Å². The molecule has 1 aromatic carbocycles.